The Kier molecular flexibility index (Phi) is 3.83. The molecule has 0 aliphatic carbocycles. The summed E-state index contributed by atoms with van der Waals surface area (Å²) in [6.45, 7) is 0. The molecule has 108 valence electrons. The Morgan fingerprint density at radius 2 is 1.50 bits per heavy atom. The van der Waals surface area contributed by atoms with Crippen molar-refractivity contribution < 1.29 is 4.79 Å². The third-order valence-corrected chi connectivity index (χ3v) is 3.37. The number of aromatic nitrogens is 1. The lowest BCUT2D eigenvalue weighted by molar-refractivity contribution is 0.102. The molecular formula is C18H15N3O. The zero-order chi connectivity index (χ0) is 15.4. The van der Waals surface area contributed by atoms with Crippen LogP contribution in [-0.2, 0) is 0 Å². The number of nitrogen functional groups attached to an aromatic ring is 1. The Balaban J connectivity index is 1.78. The molecule has 22 heavy (non-hydrogen) atoms. The van der Waals surface area contributed by atoms with E-state index in [2.05, 4.69) is 10.3 Å². The number of benzene rings is 2. The highest BCUT2D eigenvalue weighted by atomic mass is 16.1. The van der Waals surface area contributed by atoms with Gasteiger partial charge in [-0.3, -0.25) is 9.78 Å². The van der Waals surface area contributed by atoms with Crippen LogP contribution in [0.15, 0.2) is 73.1 Å². The molecule has 0 saturated heterocycles. The summed E-state index contributed by atoms with van der Waals surface area (Å²) in [6, 6.07) is 18.5. The molecule has 4 heteroatoms. The van der Waals surface area contributed by atoms with Crippen molar-refractivity contribution in [3.63, 3.8) is 0 Å². The number of anilines is 2. The van der Waals surface area contributed by atoms with Crippen LogP contribution in [0.3, 0.4) is 0 Å². The molecule has 0 aliphatic heterocycles. The van der Waals surface area contributed by atoms with E-state index < -0.39 is 0 Å². The van der Waals surface area contributed by atoms with Gasteiger partial charge in [0.2, 0.25) is 0 Å². The van der Waals surface area contributed by atoms with E-state index in [1.807, 2.05) is 36.4 Å². The largest absolute Gasteiger partial charge is 0.397 e. The summed E-state index contributed by atoms with van der Waals surface area (Å²) in [5, 5.41) is 2.81. The molecule has 0 saturated carbocycles. The average Bonchev–Trinajstić information content (AvgIpc) is 2.58. The second-order valence-electron chi connectivity index (χ2n) is 4.85. The van der Waals surface area contributed by atoms with Crippen molar-refractivity contribution in [1.29, 1.82) is 0 Å². The fraction of sp³-hybridized carbons (Fsp3) is 0. The molecule has 1 amide bonds. The van der Waals surface area contributed by atoms with Gasteiger partial charge in [0, 0.05) is 18.0 Å². The zero-order valence-electron chi connectivity index (χ0n) is 11.9. The van der Waals surface area contributed by atoms with Gasteiger partial charge in [-0.1, -0.05) is 24.3 Å². The molecule has 0 unspecified atom stereocenters. The molecule has 2 aromatic carbocycles. The van der Waals surface area contributed by atoms with E-state index in [-0.39, 0.29) is 5.91 Å². The lowest BCUT2D eigenvalue weighted by Gasteiger charge is -2.08. The SMILES string of the molecule is Nc1ccccc1NC(=O)c1ccc(-c2ccncc2)cc1. The van der Waals surface area contributed by atoms with E-state index in [0.717, 1.165) is 11.1 Å². The van der Waals surface area contributed by atoms with Gasteiger partial charge in [0.25, 0.3) is 5.91 Å². The van der Waals surface area contributed by atoms with Gasteiger partial charge in [-0.05, 0) is 47.5 Å². The molecule has 0 fully saturated rings. The molecule has 3 N–H and O–H groups in total. The van der Waals surface area contributed by atoms with Crippen molar-refractivity contribution in [3.05, 3.63) is 78.6 Å². The Bertz CT molecular complexity index is 783. The minimum Gasteiger partial charge on any atom is -0.397 e. The lowest BCUT2D eigenvalue weighted by atomic mass is 10.0. The fourth-order valence-corrected chi connectivity index (χ4v) is 2.16. The standard InChI is InChI=1S/C18H15N3O/c19-16-3-1-2-4-17(16)21-18(22)15-7-5-13(6-8-15)14-9-11-20-12-10-14/h1-12H,19H2,(H,21,22). The third-order valence-electron chi connectivity index (χ3n) is 3.37. The second kappa shape index (κ2) is 6.10. The first-order chi connectivity index (χ1) is 10.7. The zero-order valence-corrected chi connectivity index (χ0v) is 11.9. The monoisotopic (exact) mass is 289 g/mol. The first kappa shape index (κ1) is 13.8. The molecule has 0 radical (unpaired) electrons. The number of hydrogen-bond donors (Lipinski definition) is 2. The van der Waals surface area contributed by atoms with Crippen LogP contribution in [0.2, 0.25) is 0 Å². The summed E-state index contributed by atoms with van der Waals surface area (Å²) in [6.07, 6.45) is 3.49. The molecule has 1 aromatic heterocycles. The normalized spacial score (nSPS) is 10.2. The number of nitrogens with zero attached hydrogens (tertiary/aromatic N) is 1. The highest BCUT2D eigenvalue weighted by Gasteiger charge is 2.08. The topological polar surface area (TPSA) is 68.0 Å². The third kappa shape index (κ3) is 2.96. The molecule has 0 spiro atoms. The summed E-state index contributed by atoms with van der Waals surface area (Å²) in [4.78, 5) is 16.2. The number of nitrogens with two attached hydrogens (primary N) is 1. The van der Waals surface area contributed by atoms with Crippen molar-refractivity contribution in [2.45, 2.75) is 0 Å². The number of para-hydroxylation sites is 2. The maximum absolute atomic E-state index is 12.2. The Hall–Kier alpha value is -3.14. The summed E-state index contributed by atoms with van der Waals surface area (Å²) in [5.74, 6) is -0.181. The van der Waals surface area contributed by atoms with Crippen molar-refractivity contribution in [1.82, 2.24) is 4.98 Å². The predicted octanol–water partition coefficient (Wildman–Crippen LogP) is 3.58. The van der Waals surface area contributed by atoms with Crippen molar-refractivity contribution in [2.75, 3.05) is 11.1 Å². The van der Waals surface area contributed by atoms with Crippen LogP contribution in [0.4, 0.5) is 11.4 Å². The van der Waals surface area contributed by atoms with E-state index in [4.69, 9.17) is 5.73 Å². The van der Waals surface area contributed by atoms with E-state index in [1.54, 1.807) is 36.7 Å². The van der Waals surface area contributed by atoms with Gasteiger partial charge >= 0.3 is 0 Å². The van der Waals surface area contributed by atoms with E-state index in [1.165, 1.54) is 0 Å². The Morgan fingerprint density at radius 1 is 0.864 bits per heavy atom. The van der Waals surface area contributed by atoms with E-state index in [9.17, 15) is 4.79 Å². The number of nitrogens with one attached hydrogen (secondary N) is 1. The van der Waals surface area contributed by atoms with Gasteiger partial charge in [-0.2, -0.15) is 0 Å². The van der Waals surface area contributed by atoms with Gasteiger partial charge in [0.05, 0.1) is 11.4 Å². The summed E-state index contributed by atoms with van der Waals surface area (Å²) in [5.41, 5.74) is 9.68. The fourth-order valence-electron chi connectivity index (χ4n) is 2.16. The van der Waals surface area contributed by atoms with Crippen LogP contribution >= 0.6 is 0 Å². The quantitative estimate of drug-likeness (QED) is 0.724. The maximum Gasteiger partial charge on any atom is 0.255 e. The van der Waals surface area contributed by atoms with Gasteiger partial charge in [-0.25, -0.2) is 0 Å². The summed E-state index contributed by atoms with van der Waals surface area (Å²) < 4.78 is 0. The summed E-state index contributed by atoms with van der Waals surface area (Å²) in [7, 11) is 0. The van der Waals surface area contributed by atoms with Crippen LogP contribution in [0.1, 0.15) is 10.4 Å². The van der Waals surface area contributed by atoms with Crippen LogP contribution in [0, 0.1) is 0 Å². The first-order valence-corrected chi connectivity index (χ1v) is 6.90. The van der Waals surface area contributed by atoms with Crippen molar-refractivity contribution in [3.8, 4) is 11.1 Å². The Morgan fingerprint density at radius 3 is 2.18 bits per heavy atom. The number of amides is 1. The van der Waals surface area contributed by atoms with Gasteiger partial charge in [0.15, 0.2) is 0 Å². The molecule has 3 rings (SSSR count). The summed E-state index contributed by atoms with van der Waals surface area (Å²) >= 11 is 0. The molecule has 1 heterocycles. The second-order valence-corrected chi connectivity index (χ2v) is 4.85. The number of rotatable bonds is 3. The number of pyridine rings is 1. The first-order valence-electron chi connectivity index (χ1n) is 6.90. The minimum atomic E-state index is -0.181. The van der Waals surface area contributed by atoms with Crippen LogP contribution in [0.25, 0.3) is 11.1 Å². The number of carbonyl (C=O) groups is 1. The van der Waals surface area contributed by atoms with Gasteiger partial charge < -0.3 is 11.1 Å². The van der Waals surface area contributed by atoms with Crippen molar-refractivity contribution >= 4 is 17.3 Å². The average molecular weight is 289 g/mol. The van der Waals surface area contributed by atoms with E-state index in [0.29, 0.717) is 16.9 Å². The molecular weight excluding hydrogens is 274 g/mol. The predicted molar refractivity (Wildman–Crippen MR) is 88.5 cm³/mol. The smallest absolute Gasteiger partial charge is 0.255 e. The van der Waals surface area contributed by atoms with E-state index >= 15 is 0 Å². The molecule has 3 aromatic rings. The van der Waals surface area contributed by atoms with Crippen LogP contribution in [0.5, 0.6) is 0 Å². The highest BCUT2D eigenvalue weighted by Crippen LogP contribution is 2.21. The van der Waals surface area contributed by atoms with Gasteiger partial charge in [0.1, 0.15) is 0 Å². The van der Waals surface area contributed by atoms with Gasteiger partial charge in [-0.15, -0.1) is 0 Å². The number of hydrogen-bond acceptors (Lipinski definition) is 3. The molecule has 0 bridgehead atoms. The molecule has 0 aliphatic rings. The van der Waals surface area contributed by atoms with Crippen molar-refractivity contribution in [2.24, 2.45) is 0 Å². The van der Waals surface area contributed by atoms with Crippen LogP contribution < -0.4 is 11.1 Å². The maximum atomic E-state index is 12.2. The Labute approximate surface area is 128 Å². The molecule has 0 atom stereocenters. The van der Waals surface area contributed by atoms with Crippen LogP contribution in [-0.4, -0.2) is 10.9 Å². The lowest BCUT2D eigenvalue weighted by Crippen LogP contribution is -2.12. The molecule has 4 nitrogen and oxygen atoms in total. The highest BCUT2D eigenvalue weighted by molar-refractivity contribution is 6.05. The number of carbonyl (C=O) groups excluding carboxylic acids is 1. The minimum absolute atomic E-state index is 0.181.